The highest BCUT2D eigenvalue weighted by Crippen LogP contribution is 2.14. The van der Waals surface area contributed by atoms with E-state index in [4.69, 9.17) is 5.73 Å². The molecule has 0 aromatic heterocycles. The number of likely N-dealkylation sites (tertiary alicyclic amines) is 2. The number of nitrogens with two attached hydrogens (primary N) is 1. The van der Waals surface area contributed by atoms with Crippen molar-refractivity contribution in [2.24, 2.45) is 5.73 Å². The molecule has 2 aliphatic rings. The molecule has 0 spiro atoms. The monoisotopic (exact) mass is 211 g/mol. The molecular formula is C11H21N3O. The third kappa shape index (κ3) is 2.62. The summed E-state index contributed by atoms with van der Waals surface area (Å²) in [5.74, 6) is 0. The van der Waals surface area contributed by atoms with Crippen molar-refractivity contribution in [3.8, 4) is 0 Å². The maximum atomic E-state index is 12.1. The smallest absolute Gasteiger partial charge is 0.319 e. The van der Waals surface area contributed by atoms with E-state index in [9.17, 15) is 4.79 Å². The number of carbonyl (C=O) groups is 1. The van der Waals surface area contributed by atoms with Gasteiger partial charge in [-0.1, -0.05) is 0 Å². The minimum Gasteiger partial charge on any atom is -0.328 e. The van der Waals surface area contributed by atoms with Crippen molar-refractivity contribution < 1.29 is 4.79 Å². The summed E-state index contributed by atoms with van der Waals surface area (Å²) < 4.78 is 0. The Balaban J connectivity index is 1.84. The van der Waals surface area contributed by atoms with Gasteiger partial charge in [0.25, 0.3) is 0 Å². The minimum atomic E-state index is 0.238. The molecule has 4 nitrogen and oxygen atoms in total. The number of rotatable bonds is 0. The Bertz CT molecular complexity index is 218. The Morgan fingerprint density at radius 3 is 2.07 bits per heavy atom. The third-order valence-corrected chi connectivity index (χ3v) is 3.44. The topological polar surface area (TPSA) is 49.6 Å². The van der Waals surface area contributed by atoms with Crippen LogP contribution in [0.5, 0.6) is 0 Å². The van der Waals surface area contributed by atoms with Crippen molar-refractivity contribution >= 4 is 6.03 Å². The maximum absolute atomic E-state index is 12.1. The molecule has 0 bridgehead atoms. The van der Waals surface area contributed by atoms with Gasteiger partial charge in [0.15, 0.2) is 0 Å². The first-order valence-corrected chi connectivity index (χ1v) is 6.07. The van der Waals surface area contributed by atoms with Crippen LogP contribution in [0.3, 0.4) is 0 Å². The zero-order valence-corrected chi connectivity index (χ0v) is 9.32. The molecule has 2 fully saturated rings. The van der Waals surface area contributed by atoms with Gasteiger partial charge in [0.05, 0.1) is 0 Å². The summed E-state index contributed by atoms with van der Waals surface area (Å²) in [6.45, 7) is 3.58. The van der Waals surface area contributed by atoms with Crippen LogP contribution in [0, 0.1) is 0 Å². The second-order valence-electron chi connectivity index (χ2n) is 4.65. The lowest BCUT2D eigenvalue weighted by molar-refractivity contribution is 0.132. The first-order valence-electron chi connectivity index (χ1n) is 6.07. The predicted octanol–water partition coefficient (Wildman–Crippen LogP) is 1.02. The fourth-order valence-corrected chi connectivity index (χ4v) is 2.38. The lowest BCUT2D eigenvalue weighted by atomic mass is 10.1. The molecular weight excluding hydrogens is 190 g/mol. The van der Waals surface area contributed by atoms with E-state index < -0.39 is 0 Å². The molecule has 2 rings (SSSR count). The van der Waals surface area contributed by atoms with Gasteiger partial charge in [-0.2, -0.15) is 0 Å². The lowest BCUT2D eigenvalue weighted by Crippen LogP contribution is -2.50. The van der Waals surface area contributed by atoms with Crippen LogP contribution in [0.1, 0.15) is 32.1 Å². The number of hydrogen-bond donors (Lipinski definition) is 1. The molecule has 0 aliphatic carbocycles. The number of piperidine rings is 2. The second-order valence-corrected chi connectivity index (χ2v) is 4.65. The van der Waals surface area contributed by atoms with Crippen molar-refractivity contribution in [3.05, 3.63) is 0 Å². The summed E-state index contributed by atoms with van der Waals surface area (Å²) in [4.78, 5) is 16.0. The quantitative estimate of drug-likeness (QED) is 0.650. The van der Waals surface area contributed by atoms with Gasteiger partial charge in [0.2, 0.25) is 0 Å². The van der Waals surface area contributed by atoms with Gasteiger partial charge >= 0.3 is 6.03 Å². The Morgan fingerprint density at radius 2 is 1.47 bits per heavy atom. The largest absolute Gasteiger partial charge is 0.328 e. The van der Waals surface area contributed by atoms with Crippen molar-refractivity contribution in [2.45, 2.75) is 38.1 Å². The average Bonchev–Trinajstić information content (AvgIpc) is 2.30. The van der Waals surface area contributed by atoms with Crippen LogP contribution < -0.4 is 5.73 Å². The van der Waals surface area contributed by atoms with Gasteiger partial charge in [0.1, 0.15) is 0 Å². The average molecular weight is 211 g/mol. The van der Waals surface area contributed by atoms with Crippen molar-refractivity contribution in [1.29, 1.82) is 0 Å². The van der Waals surface area contributed by atoms with Crippen LogP contribution >= 0.6 is 0 Å². The van der Waals surface area contributed by atoms with Crippen molar-refractivity contribution in [3.63, 3.8) is 0 Å². The summed E-state index contributed by atoms with van der Waals surface area (Å²) >= 11 is 0. The number of carbonyl (C=O) groups excluding carboxylic acids is 1. The van der Waals surface area contributed by atoms with Gasteiger partial charge in [-0.25, -0.2) is 4.79 Å². The van der Waals surface area contributed by atoms with E-state index in [1.54, 1.807) is 0 Å². The Hall–Kier alpha value is -0.770. The van der Waals surface area contributed by atoms with Crippen LogP contribution in [0.2, 0.25) is 0 Å². The Kier molecular flexibility index (Phi) is 3.46. The second kappa shape index (κ2) is 4.84. The fraction of sp³-hybridized carbons (Fsp3) is 0.909. The summed E-state index contributed by atoms with van der Waals surface area (Å²) in [5, 5.41) is 0. The maximum Gasteiger partial charge on any atom is 0.319 e. The molecule has 15 heavy (non-hydrogen) atoms. The van der Waals surface area contributed by atoms with E-state index in [2.05, 4.69) is 0 Å². The standard InChI is InChI=1S/C11H21N3O/c12-10-4-8-14(9-5-10)11(15)13-6-2-1-3-7-13/h10H,1-9,12H2. The molecule has 0 radical (unpaired) electrons. The first-order chi connectivity index (χ1) is 7.27. The molecule has 2 saturated heterocycles. The summed E-state index contributed by atoms with van der Waals surface area (Å²) in [5.41, 5.74) is 5.82. The van der Waals surface area contributed by atoms with E-state index in [1.165, 1.54) is 19.3 Å². The zero-order chi connectivity index (χ0) is 10.7. The number of hydrogen-bond acceptors (Lipinski definition) is 2. The molecule has 0 unspecified atom stereocenters. The molecule has 2 N–H and O–H groups in total. The summed E-state index contributed by atoms with van der Waals surface area (Å²) in [7, 11) is 0. The van der Waals surface area contributed by atoms with E-state index >= 15 is 0 Å². The highest BCUT2D eigenvalue weighted by molar-refractivity contribution is 5.74. The SMILES string of the molecule is NC1CCN(C(=O)N2CCCCC2)CC1. The van der Waals surface area contributed by atoms with E-state index in [0.29, 0.717) is 6.04 Å². The van der Waals surface area contributed by atoms with E-state index in [-0.39, 0.29) is 6.03 Å². The molecule has 0 aromatic carbocycles. The molecule has 0 aromatic rings. The zero-order valence-electron chi connectivity index (χ0n) is 9.32. The normalized spacial score (nSPS) is 24.3. The summed E-state index contributed by atoms with van der Waals surface area (Å²) in [6, 6.07) is 0.539. The molecule has 0 atom stereocenters. The highest BCUT2D eigenvalue weighted by atomic mass is 16.2. The van der Waals surface area contributed by atoms with Crippen molar-refractivity contribution in [1.82, 2.24) is 9.80 Å². The molecule has 86 valence electrons. The van der Waals surface area contributed by atoms with Gasteiger partial charge in [0, 0.05) is 32.2 Å². The van der Waals surface area contributed by atoms with Crippen LogP contribution in [-0.4, -0.2) is 48.1 Å². The number of nitrogens with zero attached hydrogens (tertiary/aromatic N) is 2. The molecule has 4 heteroatoms. The van der Waals surface area contributed by atoms with Gasteiger partial charge in [-0.05, 0) is 32.1 Å². The first kappa shape index (κ1) is 10.7. The van der Waals surface area contributed by atoms with E-state index in [0.717, 1.165) is 39.0 Å². The van der Waals surface area contributed by atoms with Crippen molar-refractivity contribution in [2.75, 3.05) is 26.2 Å². The highest BCUT2D eigenvalue weighted by Gasteiger charge is 2.25. The Morgan fingerprint density at radius 1 is 0.933 bits per heavy atom. The van der Waals surface area contributed by atoms with Gasteiger partial charge in [-0.15, -0.1) is 0 Å². The fourth-order valence-electron chi connectivity index (χ4n) is 2.38. The third-order valence-electron chi connectivity index (χ3n) is 3.44. The molecule has 2 aliphatic heterocycles. The minimum absolute atomic E-state index is 0.238. The Labute approximate surface area is 91.4 Å². The van der Waals surface area contributed by atoms with Crippen LogP contribution in [0.4, 0.5) is 4.79 Å². The van der Waals surface area contributed by atoms with Crippen LogP contribution in [0.25, 0.3) is 0 Å². The van der Waals surface area contributed by atoms with E-state index in [1.807, 2.05) is 9.80 Å². The number of urea groups is 1. The summed E-state index contributed by atoms with van der Waals surface area (Å²) in [6.07, 6.45) is 5.52. The predicted molar refractivity (Wildman–Crippen MR) is 59.6 cm³/mol. The lowest BCUT2D eigenvalue weighted by Gasteiger charge is -2.36. The molecule has 2 amide bonds. The van der Waals surface area contributed by atoms with Crippen LogP contribution in [0.15, 0.2) is 0 Å². The van der Waals surface area contributed by atoms with Gasteiger partial charge in [-0.3, -0.25) is 0 Å². The van der Waals surface area contributed by atoms with Gasteiger partial charge < -0.3 is 15.5 Å². The van der Waals surface area contributed by atoms with Crippen LogP contribution in [-0.2, 0) is 0 Å². The molecule has 0 saturated carbocycles. The molecule has 2 heterocycles. The number of amides is 2.